The zero-order valence-corrected chi connectivity index (χ0v) is 17.1. The van der Waals surface area contributed by atoms with Gasteiger partial charge in [0.2, 0.25) is 5.95 Å². The highest BCUT2D eigenvalue weighted by Gasteiger charge is 2.33. The van der Waals surface area contributed by atoms with Crippen molar-refractivity contribution in [2.24, 2.45) is 0 Å². The van der Waals surface area contributed by atoms with Gasteiger partial charge in [0.05, 0.1) is 33.6 Å². The summed E-state index contributed by atoms with van der Waals surface area (Å²) in [6, 6.07) is 3.00. The summed E-state index contributed by atoms with van der Waals surface area (Å²) in [7, 11) is 3.45. The van der Waals surface area contributed by atoms with E-state index in [1.54, 1.807) is 18.2 Å². The van der Waals surface area contributed by atoms with Crippen molar-refractivity contribution in [3.8, 4) is 0 Å². The lowest BCUT2D eigenvalue weighted by Crippen LogP contribution is -2.54. The lowest BCUT2D eigenvalue weighted by molar-refractivity contribution is -0.0193. The van der Waals surface area contributed by atoms with Crippen molar-refractivity contribution < 1.29 is 13.9 Å². The van der Waals surface area contributed by atoms with Crippen molar-refractivity contribution in [3.63, 3.8) is 0 Å². The molecule has 0 radical (unpaired) electrons. The summed E-state index contributed by atoms with van der Waals surface area (Å²) in [5, 5.41) is 7.13. The molecule has 1 saturated heterocycles. The Morgan fingerprint density at radius 3 is 2.83 bits per heavy atom. The zero-order valence-electron chi connectivity index (χ0n) is 16.3. The van der Waals surface area contributed by atoms with Crippen molar-refractivity contribution in [3.05, 3.63) is 41.6 Å². The van der Waals surface area contributed by atoms with Gasteiger partial charge in [0, 0.05) is 33.4 Å². The number of rotatable bonds is 6. The van der Waals surface area contributed by atoms with E-state index in [2.05, 4.69) is 25.6 Å². The van der Waals surface area contributed by atoms with Crippen molar-refractivity contribution >= 4 is 38.4 Å². The maximum absolute atomic E-state index is 13.5. The second kappa shape index (κ2) is 7.88. The van der Waals surface area contributed by atoms with Crippen LogP contribution in [0.5, 0.6) is 0 Å². The van der Waals surface area contributed by atoms with Gasteiger partial charge in [0.25, 0.3) is 5.91 Å². The number of pyridine rings is 1. The van der Waals surface area contributed by atoms with E-state index >= 15 is 0 Å². The van der Waals surface area contributed by atoms with E-state index in [-0.39, 0.29) is 18.1 Å². The van der Waals surface area contributed by atoms with Gasteiger partial charge in [-0.1, -0.05) is 0 Å². The van der Waals surface area contributed by atoms with E-state index in [0.717, 1.165) is 15.9 Å². The molecule has 10 heteroatoms. The number of carbonyl (C=O) groups excluding carboxylic acids is 1. The Morgan fingerprint density at radius 2 is 2.14 bits per heavy atom. The number of aromatic nitrogens is 3. The first kappa shape index (κ1) is 19.5. The number of thiophene rings is 1. The van der Waals surface area contributed by atoms with Gasteiger partial charge in [-0.2, -0.15) is 0 Å². The first-order chi connectivity index (χ1) is 14.0. The van der Waals surface area contributed by atoms with Crippen LogP contribution in [0.25, 0.3) is 10.2 Å². The van der Waals surface area contributed by atoms with Crippen LogP contribution in [0, 0.1) is 5.82 Å². The van der Waals surface area contributed by atoms with E-state index in [1.165, 1.54) is 17.4 Å². The second-order valence-electron chi connectivity index (χ2n) is 6.84. The highest BCUT2D eigenvalue weighted by atomic mass is 32.1. The number of carbonyl (C=O) groups is 1. The number of methoxy groups -OCH3 is 1. The van der Waals surface area contributed by atoms with Gasteiger partial charge in [-0.05, 0) is 24.6 Å². The Labute approximate surface area is 171 Å². The molecule has 1 aliphatic heterocycles. The molecule has 0 aliphatic carbocycles. The molecule has 29 heavy (non-hydrogen) atoms. The molecule has 3 aromatic rings. The van der Waals surface area contributed by atoms with Gasteiger partial charge in [-0.15, -0.1) is 11.3 Å². The molecule has 1 aliphatic rings. The summed E-state index contributed by atoms with van der Waals surface area (Å²) in [5.41, 5.74) is 1.69. The number of likely N-dealkylation sites (tertiary alicyclic amines) is 1. The summed E-state index contributed by atoms with van der Waals surface area (Å²) in [6.45, 7) is 2.94. The number of nitrogens with one attached hydrogen (secondary N) is 2. The Morgan fingerprint density at radius 1 is 1.34 bits per heavy atom. The largest absolute Gasteiger partial charge is 0.380 e. The molecule has 0 aromatic carbocycles. The third-order valence-corrected chi connectivity index (χ3v) is 6.01. The van der Waals surface area contributed by atoms with Gasteiger partial charge >= 0.3 is 0 Å². The number of halogens is 1. The average molecular weight is 416 g/mol. The first-order valence-corrected chi connectivity index (χ1v) is 9.98. The highest BCUT2D eigenvalue weighted by Crippen LogP contribution is 2.33. The van der Waals surface area contributed by atoms with E-state index < -0.39 is 5.82 Å². The van der Waals surface area contributed by atoms with E-state index in [4.69, 9.17) is 4.74 Å². The maximum Gasteiger partial charge on any atom is 0.274 e. The highest BCUT2D eigenvalue weighted by molar-refractivity contribution is 7.23. The molecule has 0 bridgehead atoms. The molecule has 8 nitrogen and oxygen atoms in total. The van der Waals surface area contributed by atoms with Gasteiger partial charge < -0.3 is 20.3 Å². The van der Waals surface area contributed by atoms with Crippen LogP contribution < -0.4 is 10.6 Å². The van der Waals surface area contributed by atoms with Crippen LogP contribution in [-0.2, 0) is 4.74 Å². The van der Waals surface area contributed by atoms with Crippen LogP contribution in [0.2, 0.25) is 0 Å². The summed E-state index contributed by atoms with van der Waals surface area (Å²) in [5.74, 6) is -0.259. The number of hydrogen-bond acceptors (Lipinski definition) is 8. The van der Waals surface area contributed by atoms with Crippen LogP contribution in [0.15, 0.2) is 24.5 Å². The average Bonchev–Trinajstić information content (AvgIpc) is 3.09. The van der Waals surface area contributed by atoms with Crippen LogP contribution >= 0.6 is 11.3 Å². The fraction of sp³-hybridized carbons (Fsp3) is 0.368. The fourth-order valence-corrected chi connectivity index (χ4v) is 4.04. The summed E-state index contributed by atoms with van der Waals surface area (Å²) in [4.78, 5) is 27.7. The fourth-order valence-electron chi connectivity index (χ4n) is 3.11. The predicted molar refractivity (Wildman–Crippen MR) is 110 cm³/mol. The zero-order chi connectivity index (χ0) is 20.5. The quantitative estimate of drug-likeness (QED) is 0.638. The lowest BCUT2D eigenvalue weighted by Gasteiger charge is -2.37. The molecule has 0 saturated carbocycles. The molecule has 152 valence electrons. The second-order valence-corrected chi connectivity index (χ2v) is 7.89. The predicted octanol–water partition coefficient (Wildman–Crippen LogP) is 2.91. The first-order valence-electron chi connectivity index (χ1n) is 9.17. The third-order valence-electron chi connectivity index (χ3n) is 4.86. The number of amides is 1. The summed E-state index contributed by atoms with van der Waals surface area (Å²) < 4.78 is 19.5. The Hall–Kier alpha value is -2.85. The molecular formula is C19H21FN6O2S. The number of ether oxygens (including phenoxy) is 1. The minimum Gasteiger partial charge on any atom is -0.380 e. The molecule has 1 unspecified atom stereocenters. The molecule has 1 fully saturated rings. The number of anilines is 2. The van der Waals surface area contributed by atoms with Crippen molar-refractivity contribution in [2.45, 2.75) is 19.1 Å². The Bertz CT molecular complexity index is 1050. The normalized spacial score (nSPS) is 15.2. The topological polar surface area (TPSA) is 92.3 Å². The monoisotopic (exact) mass is 416 g/mol. The minimum atomic E-state index is -0.412. The van der Waals surface area contributed by atoms with E-state index in [9.17, 15) is 9.18 Å². The molecule has 4 rings (SSSR count). The summed E-state index contributed by atoms with van der Waals surface area (Å²) in [6.07, 6.45) is 2.80. The number of fused-ring (bicyclic) bond motifs is 1. The van der Waals surface area contributed by atoms with Crippen molar-refractivity contribution in [2.75, 3.05) is 37.9 Å². The summed E-state index contributed by atoms with van der Waals surface area (Å²) >= 11 is 1.43. The van der Waals surface area contributed by atoms with Crippen LogP contribution in [0.3, 0.4) is 0 Å². The molecule has 4 heterocycles. The molecule has 0 spiro atoms. The van der Waals surface area contributed by atoms with Gasteiger partial charge in [0.1, 0.15) is 5.82 Å². The Balaban J connectivity index is 1.67. The van der Waals surface area contributed by atoms with Crippen LogP contribution in [0.4, 0.5) is 15.3 Å². The van der Waals surface area contributed by atoms with Gasteiger partial charge in [-0.25, -0.2) is 14.4 Å². The molecular weight excluding hydrogens is 395 g/mol. The molecule has 2 N–H and O–H groups in total. The molecule has 1 atom stereocenters. The van der Waals surface area contributed by atoms with Gasteiger partial charge in [0.15, 0.2) is 5.69 Å². The van der Waals surface area contributed by atoms with Crippen molar-refractivity contribution in [1.82, 2.24) is 19.9 Å². The van der Waals surface area contributed by atoms with Crippen molar-refractivity contribution in [1.29, 1.82) is 0 Å². The van der Waals surface area contributed by atoms with Crippen LogP contribution in [0.1, 0.15) is 29.0 Å². The molecule has 1 amide bonds. The molecule has 3 aromatic heterocycles. The number of hydrogen-bond donors (Lipinski definition) is 2. The van der Waals surface area contributed by atoms with E-state index in [0.29, 0.717) is 35.8 Å². The smallest absolute Gasteiger partial charge is 0.274 e. The lowest BCUT2D eigenvalue weighted by atomic mass is 10.1. The maximum atomic E-state index is 13.5. The van der Waals surface area contributed by atoms with Crippen LogP contribution in [-0.4, -0.2) is 59.1 Å². The van der Waals surface area contributed by atoms with Gasteiger partial charge in [-0.3, -0.25) is 9.78 Å². The standard InChI is InChI=1S/C19H21FN6O2S/c1-10(11-4-12(20)7-22-6-11)23-19-24-14-5-15(21-2)29-17(14)16(25-19)18(27)26-8-13(9-26)28-3/h4-7,10,13,21H,8-9H2,1-3H3,(H,23,24,25). The SMILES string of the molecule is CNc1cc2nc(NC(C)c3cncc(F)c3)nc(C(=O)N3CC(OC)C3)c2s1. The number of nitrogens with zero attached hydrogens (tertiary/aromatic N) is 4. The minimum absolute atomic E-state index is 0.0607. The third kappa shape index (κ3) is 3.85. The van der Waals surface area contributed by atoms with E-state index in [1.807, 2.05) is 20.0 Å². The Kier molecular flexibility index (Phi) is 5.29.